The second-order valence-corrected chi connectivity index (χ2v) is 4.75. The van der Waals surface area contributed by atoms with Crippen LogP contribution in [0.2, 0.25) is 0 Å². The first-order chi connectivity index (χ1) is 8.40. The molecule has 8 heteroatoms. The Morgan fingerprint density at radius 1 is 1.44 bits per heavy atom. The van der Waals surface area contributed by atoms with Crippen LogP contribution in [0.15, 0.2) is 31.9 Å². The molecule has 6 nitrogen and oxygen atoms in total. The standard InChI is InChI=1S/C10H5BrN2O4S/c11-4-1-5-7(14)3-8(10(12)18)17-9(5)6(2-4)13(15)16/h1-3H,(H2,12,18). The minimum atomic E-state index is -0.640. The van der Waals surface area contributed by atoms with Crippen LogP contribution in [0.5, 0.6) is 0 Å². The van der Waals surface area contributed by atoms with Gasteiger partial charge in [0.05, 0.1) is 10.3 Å². The monoisotopic (exact) mass is 328 g/mol. The van der Waals surface area contributed by atoms with Crippen LogP contribution in [-0.2, 0) is 0 Å². The first kappa shape index (κ1) is 12.7. The summed E-state index contributed by atoms with van der Waals surface area (Å²) in [6.07, 6.45) is 0. The lowest BCUT2D eigenvalue weighted by atomic mass is 10.2. The van der Waals surface area contributed by atoms with Crippen molar-refractivity contribution in [3.8, 4) is 0 Å². The van der Waals surface area contributed by atoms with E-state index in [0.717, 1.165) is 6.07 Å². The number of rotatable bonds is 2. The van der Waals surface area contributed by atoms with Crippen LogP contribution in [0, 0.1) is 10.1 Å². The van der Waals surface area contributed by atoms with Crippen molar-refractivity contribution in [3.05, 3.63) is 48.8 Å². The van der Waals surface area contributed by atoms with Gasteiger partial charge < -0.3 is 10.2 Å². The molecule has 0 aliphatic carbocycles. The Labute approximate surface area is 114 Å². The van der Waals surface area contributed by atoms with Crippen LogP contribution in [-0.4, -0.2) is 9.91 Å². The molecule has 0 amide bonds. The zero-order chi connectivity index (χ0) is 13.4. The van der Waals surface area contributed by atoms with Gasteiger partial charge in [-0.25, -0.2) is 0 Å². The van der Waals surface area contributed by atoms with E-state index in [1.165, 1.54) is 12.1 Å². The Balaban J connectivity index is 2.97. The van der Waals surface area contributed by atoms with Gasteiger partial charge in [-0.2, -0.15) is 0 Å². The smallest absolute Gasteiger partial charge is 0.313 e. The number of nitrogens with zero attached hydrogens (tertiary/aromatic N) is 1. The molecule has 1 aromatic heterocycles. The van der Waals surface area contributed by atoms with E-state index in [-0.39, 0.29) is 27.4 Å². The van der Waals surface area contributed by atoms with Crippen molar-refractivity contribution >= 4 is 49.8 Å². The molecule has 92 valence electrons. The summed E-state index contributed by atoms with van der Waals surface area (Å²) in [6.45, 7) is 0. The minimum Gasteiger partial charge on any atom is -0.446 e. The molecule has 2 N–H and O–H groups in total. The molecular weight excluding hydrogens is 324 g/mol. The number of hydrogen-bond donors (Lipinski definition) is 1. The van der Waals surface area contributed by atoms with Gasteiger partial charge in [0.2, 0.25) is 5.58 Å². The number of fused-ring (bicyclic) bond motifs is 1. The van der Waals surface area contributed by atoms with Crippen LogP contribution in [0.3, 0.4) is 0 Å². The highest BCUT2D eigenvalue weighted by molar-refractivity contribution is 9.10. The minimum absolute atomic E-state index is 0.0482. The Kier molecular flexibility index (Phi) is 3.14. The summed E-state index contributed by atoms with van der Waals surface area (Å²) in [5.74, 6) is -0.0482. The summed E-state index contributed by atoms with van der Waals surface area (Å²) in [5.41, 5.74) is 4.44. The highest BCUT2D eigenvalue weighted by Crippen LogP contribution is 2.28. The number of nitro benzene ring substituents is 1. The van der Waals surface area contributed by atoms with Crippen molar-refractivity contribution in [1.82, 2.24) is 0 Å². The number of benzene rings is 1. The normalized spacial score (nSPS) is 10.5. The average molecular weight is 329 g/mol. The first-order valence-electron chi connectivity index (χ1n) is 4.61. The lowest BCUT2D eigenvalue weighted by molar-refractivity contribution is -0.383. The number of non-ortho nitro benzene ring substituents is 1. The summed E-state index contributed by atoms with van der Waals surface area (Å²) < 4.78 is 5.64. The number of nitrogens with two attached hydrogens (primary N) is 1. The average Bonchev–Trinajstić information content (AvgIpc) is 2.28. The van der Waals surface area contributed by atoms with Gasteiger partial charge in [0.15, 0.2) is 11.2 Å². The van der Waals surface area contributed by atoms with E-state index in [0.29, 0.717) is 4.47 Å². The zero-order valence-electron chi connectivity index (χ0n) is 8.68. The van der Waals surface area contributed by atoms with Crippen molar-refractivity contribution in [2.24, 2.45) is 5.73 Å². The van der Waals surface area contributed by atoms with E-state index in [9.17, 15) is 14.9 Å². The van der Waals surface area contributed by atoms with Crippen molar-refractivity contribution in [2.45, 2.75) is 0 Å². The number of thiocarbonyl (C=S) groups is 1. The second-order valence-electron chi connectivity index (χ2n) is 3.40. The predicted molar refractivity (Wildman–Crippen MR) is 72.7 cm³/mol. The van der Waals surface area contributed by atoms with Gasteiger partial charge in [-0.1, -0.05) is 28.1 Å². The van der Waals surface area contributed by atoms with Crippen molar-refractivity contribution in [2.75, 3.05) is 0 Å². The molecule has 0 bridgehead atoms. The van der Waals surface area contributed by atoms with Crippen LogP contribution in [0.25, 0.3) is 11.0 Å². The molecule has 0 fully saturated rings. The van der Waals surface area contributed by atoms with Gasteiger partial charge in [-0.15, -0.1) is 0 Å². The van der Waals surface area contributed by atoms with Gasteiger partial charge in [0, 0.05) is 16.6 Å². The van der Waals surface area contributed by atoms with E-state index < -0.39 is 10.4 Å². The molecule has 0 spiro atoms. The summed E-state index contributed by atoms with van der Waals surface area (Å²) >= 11 is 7.78. The third-order valence-electron chi connectivity index (χ3n) is 2.21. The Hall–Kier alpha value is -1.80. The molecular formula is C10H5BrN2O4S. The van der Waals surface area contributed by atoms with Crippen molar-refractivity contribution in [3.63, 3.8) is 0 Å². The summed E-state index contributed by atoms with van der Waals surface area (Å²) in [4.78, 5) is 22.0. The van der Waals surface area contributed by atoms with Crippen LogP contribution < -0.4 is 11.2 Å². The maximum atomic E-state index is 11.8. The lowest BCUT2D eigenvalue weighted by Crippen LogP contribution is -2.13. The van der Waals surface area contributed by atoms with Gasteiger partial charge in [-0.3, -0.25) is 14.9 Å². The molecule has 0 aliphatic heterocycles. The van der Waals surface area contributed by atoms with Crippen molar-refractivity contribution in [1.29, 1.82) is 0 Å². The molecule has 18 heavy (non-hydrogen) atoms. The van der Waals surface area contributed by atoms with Gasteiger partial charge in [-0.05, 0) is 6.07 Å². The van der Waals surface area contributed by atoms with Crippen molar-refractivity contribution < 1.29 is 9.34 Å². The number of hydrogen-bond acceptors (Lipinski definition) is 5. The third-order valence-corrected chi connectivity index (χ3v) is 2.87. The summed E-state index contributed by atoms with van der Waals surface area (Å²) in [7, 11) is 0. The quantitative estimate of drug-likeness (QED) is 0.514. The Bertz CT molecular complexity index is 740. The maximum absolute atomic E-state index is 11.8. The largest absolute Gasteiger partial charge is 0.446 e. The summed E-state index contributed by atoms with van der Waals surface area (Å²) in [6, 6.07) is 3.80. The van der Waals surface area contributed by atoms with E-state index in [2.05, 4.69) is 28.1 Å². The predicted octanol–water partition coefficient (Wildman–Crippen LogP) is 2.10. The molecule has 0 aliphatic rings. The molecule has 0 unspecified atom stereocenters. The third kappa shape index (κ3) is 2.12. The van der Waals surface area contributed by atoms with Crippen LogP contribution in [0.1, 0.15) is 5.76 Å². The number of halogens is 1. The molecule has 0 atom stereocenters. The van der Waals surface area contributed by atoms with Gasteiger partial charge in [0.25, 0.3) is 0 Å². The number of nitro groups is 1. The highest BCUT2D eigenvalue weighted by Gasteiger charge is 2.19. The van der Waals surface area contributed by atoms with E-state index in [4.69, 9.17) is 10.2 Å². The van der Waals surface area contributed by atoms with Gasteiger partial charge in [0.1, 0.15) is 4.99 Å². The van der Waals surface area contributed by atoms with E-state index in [1.807, 2.05) is 0 Å². The van der Waals surface area contributed by atoms with Crippen LogP contribution in [0.4, 0.5) is 5.69 Å². The summed E-state index contributed by atoms with van der Waals surface area (Å²) in [5, 5.41) is 11.0. The van der Waals surface area contributed by atoms with E-state index >= 15 is 0 Å². The molecule has 0 radical (unpaired) electrons. The Morgan fingerprint density at radius 2 is 2.11 bits per heavy atom. The zero-order valence-corrected chi connectivity index (χ0v) is 11.1. The second kappa shape index (κ2) is 4.46. The molecule has 2 aromatic rings. The first-order valence-corrected chi connectivity index (χ1v) is 5.82. The molecule has 1 heterocycles. The molecule has 2 rings (SSSR count). The SMILES string of the molecule is NC(=S)c1cc(=O)c2cc(Br)cc([N+](=O)[O-])c2o1. The fourth-order valence-electron chi connectivity index (χ4n) is 1.46. The molecule has 0 saturated carbocycles. The maximum Gasteiger partial charge on any atom is 0.313 e. The Morgan fingerprint density at radius 3 is 2.67 bits per heavy atom. The molecule has 1 aromatic carbocycles. The highest BCUT2D eigenvalue weighted by atomic mass is 79.9. The van der Waals surface area contributed by atoms with Gasteiger partial charge >= 0.3 is 5.69 Å². The topological polar surface area (TPSA) is 99.4 Å². The van der Waals surface area contributed by atoms with E-state index in [1.54, 1.807) is 0 Å². The molecule has 0 saturated heterocycles. The fourth-order valence-corrected chi connectivity index (χ4v) is 2.01. The van der Waals surface area contributed by atoms with Crippen LogP contribution >= 0.6 is 28.1 Å². The lowest BCUT2D eigenvalue weighted by Gasteiger charge is -2.02. The fraction of sp³-hybridized carbons (Fsp3) is 0.